The number of hydrogen-bond acceptors (Lipinski definition) is 3. The maximum absolute atomic E-state index is 9.21. The Bertz CT molecular complexity index is 184. The summed E-state index contributed by atoms with van der Waals surface area (Å²) in [5, 5.41) is 18.1. The largest absolute Gasteiger partial charge is 0.396 e. The molecule has 3 heteroatoms. The molecule has 0 aromatic carbocycles. The molecule has 1 saturated heterocycles. The Labute approximate surface area is 92.1 Å². The summed E-state index contributed by atoms with van der Waals surface area (Å²) in [6.07, 6.45) is 5.48. The Kier molecular flexibility index (Phi) is 4.00. The molecule has 2 fully saturated rings. The van der Waals surface area contributed by atoms with Gasteiger partial charge in [0.2, 0.25) is 0 Å². The van der Waals surface area contributed by atoms with Crippen molar-refractivity contribution in [2.45, 2.75) is 38.2 Å². The quantitative estimate of drug-likeness (QED) is 0.727. The van der Waals surface area contributed by atoms with Crippen molar-refractivity contribution in [3.63, 3.8) is 0 Å². The fourth-order valence-electron chi connectivity index (χ4n) is 2.85. The van der Waals surface area contributed by atoms with Gasteiger partial charge in [0.25, 0.3) is 0 Å². The lowest BCUT2D eigenvalue weighted by atomic mass is 9.81. The number of likely N-dealkylation sites (tertiary alicyclic amines) is 1. The van der Waals surface area contributed by atoms with Crippen LogP contribution in [0.1, 0.15) is 32.1 Å². The minimum atomic E-state index is -0.0121. The van der Waals surface area contributed by atoms with Crippen molar-refractivity contribution >= 4 is 0 Å². The Morgan fingerprint density at radius 3 is 2.27 bits per heavy atom. The maximum atomic E-state index is 9.21. The van der Waals surface area contributed by atoms with Crippen molar-refractivity contribution in [2.24, 2.45) is 11.8 Å². The first-order valence-corrected chi connectivity index (χ1v) is 6.29. The maximum Gasteiger partial charge on any atom is 0.0546 e. The van der Waals surface area contributed by atoms with Crippen molar-refractivity contribution in [1.29, 1.82) is 0 Å². The highest BCUT2D eigenvalue weighted by atomic mass is 16.3. The fraction of sp³-hybridized carbons (Fsp3) is 1.00. The highest BCUT2D eigenvalue weighted by Gasteiger charge is 2.29. The van der Waals surface area contributed by atoms with Crippen molar-refractivity contribution in [3.05, 3.63) is 0 Å². The number of rotatable bonds is 4. The molecule has 1 aliphatic carbocycles. The molecule has 2 N–H and O–H groups in total. The predicted molar refractivity (Wildman–Crippen MR) is 59.6 cm³/mol. The van der Waals surface area contributed by atoms with E-state index in [-0.39, 0.29) is 6.10 Å². The lowest BCUT2D eigenvalue weighted by Gasteiger charge is -2.38. The molecule has 0 atom stereocenters. The van der Waals surface area contributed by atoms with E-state index in [0.29, 0.717) is 6.61 Å². The first-order chi connectivity index (χ1) is 7.28. The standard InChI is InChI=1S/C12H23NO2/c14-6-3-10-1-4-13(5-2-10)9-11-7-12(15)8-11/h10-12,14-15H,1-9H2/t11-,12-. The Balaban J connectivity index is 1.61. The second-order valence-corrected chi connectivity index (χ2v) is 5.25. The Morgan fingerprint density at radius 2 is 1.73 bits per heavy atom. The highest BCUT2D eigenvalue weighted by molar-refractivity contribution is 4.83. The van der Waals surface area contributed by atoms with Crippen LogP contribution in [0.15, 0.2) is 0 Å². The van der Waals surface area contributed by atoms with Gasteiger partial charge in [-0.25, -0.2) is 0 Å². The van der Waals surface area contributed by atoms with Gasteiger partial charge in [-0.05, 0) is 57.0 Å². The van der Waals surface area contributed by atoms with Gasteiger partial charge in [0, 0.05) is 13.2 Å². The van der Waals surface area contributed by atoms with E-state index in [1.165, 1.54) is 32.5 Å². The molecule has 1 saturated carbocycles. The summed E-state index contributed by atoms with van der Waals surface area (Å²) in [5.41, 5.74) is 0. The molecule has 1 heterocycles. The third kappa shape index (κ3) is 3.16. The normalized spacial score (nSPS) is 34.0. The highest BCUT2D eigenvalue weighted by Crippen LogP contribution is 2.29. The molecular formula is C12H23NO2. The third-order valence-electron chi connectivity index (χ3n) is 3.97. The van der Waals surface area contributed by atoms with E-state index in [2.05, 4.69) is 4.90 Å². The summed E-state index contributed by atoms with van der Waals surface area (Å²) in [5.74, 6) is 1.49. The molecule has 2 rings (SSSR count). The summed E-state index contributed by atoms with van der Waals surface area (Å²) in [7, 11) is 0. The van der Waals surface area contributed by atoms with Gasteiger partial charge in [-0.3, -0.25) is 0 Å². The van der Waals surface area contributed by atoms with Gasteiger partial charge < -0.3 is 15.1 Å². The second kappa shape index (κ2) is 5.28. The number of aliphatic hydroxyl groups is 2. The average Bonchev–Trinajstić information content (AvgIpc) is 2.19. The minimum Gasteiger partial charge on any atom is -0.396 e. The molecule has 0 radical (unpaired) electrons. The number of nitrogens with zero attached hydrogens (tertiary/aromatic N) is 1. The van der Waals surface area contributed by atoms with E-state index < -0.39 is 0 Å². The van der Waals surface area contributed by atoms with Gasteiger partial charge in [-0.15, -0.1) is 0 Å². The SMILES string of the molecule is OCCC1CCN(C[C@H]2C[C@H](O)C2)CC1. The van der Waals surface area contributed by atoms with Gasteiger partial charge >= 0.3 is 0 Å². The molecule has 0 aromatic heterocycles. The smallest absolute Gasteiger partial charge is 0.0546 e. The number of hydrogen-bond donors (Lipinski definition) is 2. The zero-order chi connectivity index (χ0) is 10.7. The summed E-state index contributed by atoms with van der Waals surface area (Å²) >= 11 is 0. The van der Waals surface area contributed by atoms with Crippen LogP contribution in [0.5, 0.6) is 0 Å². The van der Waals surface area contributed by atoms with Crippen LogP contribution in [0.2, 0.25) is 0 Å². The topological polar surface area (TPSA) is 43.7 Å². The van der Waals surface area contributed by atoms with Crippen LogP contribution >= 0.6 is 0 Å². The molecule has 0 bridgehead atoms. The van der Waals surface area contributed by atoms with Crippen LogP contribution in [-0.2, 0) is 0 Å². The molecule has 0 amide bonds. The van der Waals surface area contributed by atoms with Gasteiger partial charge in [0.1, 0.15) is 0 Å². The van der Waals surface area contributed by atoms with Crippen LogP contribution in [0.4, 0.5) is 0 Å². The Morgan fingerprint density at radius 1 is 1.07 bits per heavy atom. The van der Waals surface area contributed by atoms with Gasteiger partial charge in [-0.2, -0.15) is 0 Å². The monoisotopic (exact) mass is 213 g/mol. The van der Waals surface area contributed by atoms with E-state index in [1.807, 2.05) is 0 Å². The molecule has 2 aliphatic rings. The van der Waals surface area contributed by atoms with Crippen LogP contribution in [0.25, 0.3) is 0 Å². The van der Waals surface area contributed by atoms with Crippen LogP contribution in [-0.4, -0.2) is 47.5 Å². The molecule has 0 unspecified atom stereocenters. The van der Waals surface area contributed by atoms with Gasteiger partial charge in [0.05, 0.1) is 6.10 Å². The third-order valence-corrected chi connectivity index (χ3v) is 3.97. The Hall–Kier alpha value is -0.120. The van der Waals surface area contributed by atoms with Crippen molar-refractivity contribution in [3.8, 4) is 0 Å². The molecule has 88 valence electrons. The van der Waals surface area contributed by atoms with Crippen molar-refractivity contribution in [2.75, 3.05) is 26.2 Å². The van der Waals surface area contributed by atoms with Crippen LogP contribution in [0.3, 0.4) is 0 Å². The zero-order valence-corrected chi connectivity index (χ0v) is 9.44. The van der Waals surface area contributed by atoms with Gasteiger partial charge in [-0.1, -0.05) is 0 Å². The first kappa shape index (κ1) is 11.4. The number of aliphatic hydroxyl groups excluding tert-OH is 2. The van der Waals surface area contributed by atoms with Crippen molar-refractivity contribution < 1.29 is 10.2 Å². The van der Waals surface area contributed by atoms with E-state index >= 15 is 0 Å². The lowest BCUT2D eigenvalue weighted by Crippen LogP contribution is -2.42. The van der Waals surface area contributed by atoms with E-state index in [1.54, 1.807) is 0 Å². The molecule has 1 aliphatic heterocycles. The second-order valence-electron chi connectivity index (χ2n) is 5.25. The predicted octanol–water partition coefficient (Wildman–Crippen LogP) is 0.852. The van der Waals surface area contributed by atoms with Crippen LogP contribution in [0, 0.1) is 11.8 Å². The first-order valence-electron chi connectivity index (χ1n) is 6.29. The van der Waals surface area contributed by atoms with E-state index in [4.69, 9.17) is 5.11 Å². The summed E-state index contributed by atoms with van der Waals surface area (Å²) in [6, 6.07) is 0. The molecule has 3 nitrogen and oxygen atoms in total. The van der Waals surface area contributed by atoms with E-state index in [9.17, 15) is 5.11 Å². The van der Waals surface area contributed by atoms with Crippen molar-refractivity contribution in [1.82, 2.24) is 4.90 Å². The summed E-state index contributed by atoms with van der Waals surface area (Å²) < 4.78 is 0. The average molecular weight is 213 g/mol. The summed E-state index contributed by atoms with van der Waals surface area (Å²) in [6.45, 7) is 3.91. The van der Waals surface area contributed by atoms with Crippen LogP contribution < -0.4 is 0 Å². The van der Waals surface area contributed by atoms with Gasteiger partial charge in [0.15, 0.2) is 0 Å². The lowest BCUT2D eigenvalue weighted by molar-refractivity contribution is 0.0177. The zero-order valence-electron chi connectivity index (χ0n) is 9.44. The molecular weight excluding hydrogens is 190 g/mol. The minimum absolute atomic E-state index is 0.0121. The number of piperidine rings is 1. The fourth-order valence-corrected chi connectivity index (χ4v) is 2.85. The molecule has 15 heavy (non-hydrogen) atoms. The molecule has 0 spiro atoms. The molecule has 0 aromatic rings. The van der Waals surface area contributed by atoms with E-state index in [0.717, 1.165) is 31.1 Å². The summed E-state index contributed by atoms with van der Waals surface area (Å²) in [4.78, 5) is 2.53.